The molecule has 0 atom stereocenters. The van der Waals surface area contributed by atoms with Gasteiger partial charge < -0.3 is 39.5 Å². The molecule has 4 amide bonds. The molecule has 0 fully saturated rings. The Labute approximate surface area is 477 Å². The SMILES string of the molecule is Cc1cc(S(=O)(=O)[O-])c2c(NC(=O)c3cccc(NC(=O)Nc4cccc(C(=O)Nc5ccc(S(=O)(=O)[O-])c6c[c-]cc(S(=O)(=O)[O-])c56)c4)c3)ccc(S(=O)(=O)[O-])c2c1.[Na+].[Na+].[Na+].[Na+].[Na+]. The minimum Gasteiger partial charge on any atom is -0.754 e. The summed E-state index contributed by atoms with van der Waals surface area (Å²) in [5.41, 5.74) is -0.687. The number of urea groups is 1. The first-order valence-electron chi connectivity index (χ1n) is 16.2. The molecule has 0 saturated heterocycles. The van der Waals surface area contributed by atoms with E-state index in [1.54, 1.807) is 0 Å². The summed E-state index contributed by atoms with van der Waals surface area (Å²) < 4.78 is 144. The molecule has 0 spiro atoms. The average molecular weight is 995 g/mol. The van der Waals surface area contributed by atoms with Gasteiger partial charge in [0.25, 0.3) is 11.8 Å². The Morgan fingerprint density at radius 3 is 1.30 bits per heavy atom. The topological polar surface area (TPSA) is 328 Å². The first-order chi connectivity index (χ1) is 27.4. The summed E-state index contributed by atoms with van der Waals surface area (Å²) in [6, 6.07) is 19.3. The van der Waals surface area contributed by atoms with Gasteiger partial charge in [0.1, 0.15) is 30.4 Å². The Bertz CT molecular complexity index is 3270. The molecule has 4 N–H and O–H groups in total. The van der Waals surface area contributed by atoms with E-state index < -0.39 is 99.4 Å². The first kappa shape index (κ1) is 60.7. The van der Waals surface area contributed by atoms with Gasteiger partial charge in [-0.1, -0.05) is 29.7 Å². The predicted molar refractivity (Wildman–Crippen MR) is 205 cm³/mol. The second-order valence-electron chi connectivity index (χ2n) is 12.5. The van der Waals surface area contributed by atoms with Gasteiger partial charge in [-0.15, -0.1) is 5.39 Å². The van der Waals surface area contributed by atoms with E-state index in [9.17, 15) is 66.3 Å². The molecule has 0 aromatic heterocycles. The summed E-state index contributed by atoms with van der Waals surface area (Å²) in [7, 11) is -20.9. The summed E-state index contributed by atoms with van der Waals surface area (Å²) in [6.45, 7) is 1.37. The van der Waals surface area contributed by atoms with Crippen molar-refractivity contribution in [2.24, 2.45) is 0 Å². The van der Waals surface area contributed by atoms with Crippen LogP contribution in [-0.2, 0) is 40.5 Å². The second-order valence-corrected chi connectivity index (χ2v) is 17.9. The Hall–Kier alpha value is -1.31. The van der Waals surface area contributed by atoms with Crippen molar-refractivity contribution in [1.29, 1.82) is 0 Å². The van der Waals surface area contributed by atoms with Crippen molar-refractivity contribution in [3.05, 3.63) is 120 Å². The monoisotopic (exact) mass is 994 g/mol. The molecular formula is C36H23N4Na5O15S4. The number of aryl methyl sites for hydroxylation is 1. The minimum absolute atomic E-state index is 0. The summed E-state index contributed by atoms with van der Waals surface area (Å²) in [4.78, 5) is 36.1. The van der Waals surface area contributed by atoms with Crippen LogP contribution in [0.4, 0.5) is 27.5 Å². The maximum absolute atomic E-state index is 13.4. The largest absolute Gasteiger partial charge is 1.00 e. The summed E-state index contributed by atoms with van der Waals surface area (Å²) in [6.07, 6.45) is 0. The van der Waals surface area contributed by atoms with Gasteiger partial charge >= 0.3 is 154 Å². The average Bonchev–Trinajstić information content (AvgIpc) is 3.12. The first-order valence-corrected chi connectivity index (χ1v) is 21.8. The van der Waals surface area contributed by atoms with Crippen LogP contribution in [0.2, 0.25) is 0 Å². The fourth-order valence-corrected chi connectivity index (χ4v) is 8.85. The third-order valence-corrected chi connectivity index (χ3v) is 11.9. The smallest absolute Gasteiger partial charge is 0.754 e. The number of amides is 4. The van der Waals surface area contributed by atoms with E-state index >= 15 is 0 Å². The number of rotatable bonds is 10. The van der Waals surface area contributed by atoms with Gasteiger partial charge in [0.15, 0.2) is 0 Å². The van der Waals surface area contributed by atoms with Crippen LogP contribution in [0.25, 0.3) is 21.5 Å². The van der Waals surface area contributed by atoms with Gasteiger partial charge in [-0.3, -0.25) is 18.0 Å². The summed E-state index contributed by atoms with van der Waals surface area (Å²) >= 11 is 0. The zero-order chi connectivity index (χ0) is 43.2. The van der Waals surface area contributed by atoms with Crippen molar-refractivity contribution in [2.75, 3.05) is 21.3 Å². The molecule has 0 unspecified atom stereocenters. The van der Waals surface area contributed by atoms with Crippen molar-refractivity contribution in [3.8, 4) is 0 Å². The van der Waals surface area contributed by atoms with Crippen LogP contribution in [0.15, 0.2) is 117 Å². The van der Waals surface area contributed by atoms with Crippen molar-refractivity contribution < 1.29 is 214 Å². The Morgan fingerprint density at radius 1 is 0.469 bits per heavy atom. The van der Waals surface area contributed by atoms with Crippen LogP contribution < -0.4 is 169 Å². The van der Waals surface area contributed by atoms with Crippen LogP contribution >= 0.6 is 0 Å². The van der Waals surface area contributed by atoms with Gasteiger partial charge in [-0.05, 0) is 78.0 Å². The van der Waals surface area contributed by atoms with E-state index in [-0.39, 0.29) is 187 Å². The fourth-order valence-electron chi connectivity index (χ4n) is 6.04. The van der Waals surface area contributed by atoms with Crippen LogP contribution in [0, 0.1) is 13.0 Å². The predicted octanol–water partition coefficient (Wildman–Crippen LogP) is -11.1. The third kappa shape index (κ3) is 14.4. The van der Waals surface area contributed by atoms with Crippen molar-refractivity contribution >= 4 is 103 Å². The number of benzene rings is 6. The zero-order valence-electron chi connectivity index (χ0n) is 34.5. The molecule has 28 heteroatoms. The maximum atomic E-state index is 13.4. The van der Waals surface area contributed by atoms with Crippen molar-refractivity contribution in [3.63, 3.8) is 0 Å². The molecule has 0 aliphatic rings. The molecule has 19 nitrogen and oxygen atoms in total. The fraction of sp³-hybridized carbons (Fsp3) is 0.0278. The molecule has 6 aromatic carbocycles. The molecule has 0 heterocycles. The molecule has 306 valence electrons. The van der Waals surface area contributed by atoms with Crippen molar-refractivity contribution in [2.45, 2.75) is 26.5 Å². The van der Waals surface area contributed by atoms with E-state index in [1.165, 1.54) is 61.5 Å². The molecule has 64 heavy (non-hydrogen) atoms. The van der Waals surface area contributed by atoms with Crippen LogP contribution in [0.1, 0.15) is 26.3 Å². The van der Waals surface area contributed by atoms with E-state index in [1.807, 2.05) is 0 Å². The molecule has 0 radical (unpaired) electrons. The van der Waals surface area contributed by atoms with E-state index in [0.29, 0.717) is 0 Å². The summed E-state index contributed by atoms with van der Waals surface area (Å²) in [5.74, 6) is -1.82. The van der Waals surface area contributed by atoms with Crippen LogP contribution in [0.5, 0.6) is 0 Å². The van der Waals surface area contributed by atoms with Gasteiger partial charge in [0, 0.05) is 43.9 Å². The standard InChI is InChI=1S/C36H27N4O15S4.5Na/c1-19-15-25-29(57(47,48)49)14-12-27(33(25)31(16-19)59(53,54)55)40-35(42)21-6-3-8-23(18-21)38-36(43)37-22-7-2-5-20(17-22)34(41)39-26-11-13-28(56(44,45)46)24-9-4-10-30(32(24)26)58(50,51)52;;;;;/h2-3,5-18H,1H3,(H,39,41)(H,40,42)(H2,37,38,43)(H,44,45,46)(H,47,48,49)(H,50,51,52)(H,53,54,55);;;;;/q-1;5*+1/p-4. The third-order valence-electron chi connectivity index (χ3n) is 8.42. The van der Waals surface area contributed by atoms with Crippen LogP contribution in [0.3, 0.4) is 0 Å². The molecule has 0 bridgehead atoms. The number of hydrogen-bond acceptors (Lipinski definition) is 15. The molecule has 0 aliphatic heterocycles. The zero-order valence-corrected chi connectivity index (χ0v) is 47.8. The van der Waals surface area contributed by atoms with Gasteiger partial charge in [-0.2, -0.15) is 18.2 Å². The maximum Gasteiger partial charge on any atom is 1.00 e. The van der Waals surface area contributed by atoms with E-state index in [0.717, 1.165) is 42.5 Å². The van der Waals surface area contributed by atoms with Gasteiger partial charge in [0.05, 0.1) is 25.6 Å². The number of nitrogens with one attached hydrogen (secondary N) is 4. The number of fused-ring (bicyclic) bond motifs is 2. The second kappa shape index (κ2) is 23.8. The minimum atomic E-state index is -5.27. The molecule has 0 aliphatic carbocycles. The Morgan fingerprint density at radius 2 is 0.875 bits per heavy atom. The number of carbonyl (C=O) groups is 3. The Balaban J connectivity index is 0.00000410. The van der Waals surface area contributed by atoms with E-state index in [2.05, 4.69) is 27.3 Å². The Kier molecular flexibility index (Phi) is 22.6. The normalized spacial score (nSPS) is 11.3. The molecule has 0 saturated carbocycles. The van der Waals surface area contributed by atoms with Gasteiger partial charge in [0.2, 0.25) is 0 Å². The molecular weight excluding hydrogens is 972 g/mol. The summed E-state index contributed by atoms with van der Waals surface area (Å²) in [5, 5.41) is 7.75. The van der Waals surface area contributed by atoms with E-state index in [4.69, 9.17) is 0 Å². The van der Waals surface area contributed by atoms with Crippen molar-refractivity contribution in [1.82, 2.24) is 0 Å². The molecule has 6 rings (SSSR count). The van der Waals surface area contributed by atoms with Crippen LogP contribution in [-0.4, -0.2) is 69.7 Å². The van der Waals surface area contributed by atoms with Gasteiger partial charge in [-0.25, -0.2) is 30.0 Å². The number of anilines is 4. The molecule has 6 aromatic rings. The quantitative estimate of drug-likeness (QED) is 0.0563. The number of hydrogen-bond donors (Lipinski definition) is 4. The number of carbonyl (C=O) groups excluding carboxylic acids is 3.